The van der Waals surface area contributed by atoms with Crippen LogP contribution in [-0.4, -0.2) is 20.2 Å². The summed E-state index contributed by atoms with van der Waals surface area (Å²) < 4.78 is 0. The molecule has 1 saturated carbocycles. The molecule has 0 bridgehead atoms. The first kappa shape index (κ1) is 18.2. The minimum Gasteiger partial charge on any atom is -0.507 e. The van der Waals surface area contributed by atoms with Gasteiger partial charge in [0.05, 0.1) is 0 Å². The summed E-state index contributed by atoms with van der Waals surface area (Å²) in [5, 5.41) is 24.1. The number of phenolic OH excluding ortho intramolecular Hbond substituents is 2. The van der Waals surface area contributed by atoms with Crippen LogP contribution in [0.4, 0.5) is 0 Å². The first-order chi connectivity index (χ1) is 13.6. The van der Waals surface area contributed by atoms with Crippen LogP contribution in [-0.2, 0) is 0 Å². The lowest BCUT2D eigenvalue weighted by atomic mass is 9.68. The Bertz CT molecular complexity index is 1150. The van der Waals surface area contributed by atoms with Gasteiger partial charge in [0.25, 0.3) is 0 Å². The van der Waals surface area contributed by atoms with Gasteiger partial charge < -0.3 is 10.2 Å². The molecule has 0 spiro atoms. The Morgan fingerprint density at radius 2 is 1.71 bits per heavy atom. The molecule has 1 aliphatic carbocycles. The Balaban J connectivity index is 1.72. The first-order valence-corrected chi connectivity index (χ1v) is 9.68. The molecule has 0 unspecified atom stereocenters. The second kappa shape index (κ2) is 7.47. The van der Waals surface area contributed by atoms with Crippen molar-refractivity contribution in [3.05, 3.63) is 71.1 Å². The molecular weight excluding hydrogens is 348 g/mol. The Kier molecular flexibility index (Phi) is 4.86. The van der Waals surface area contributed by atoms with E-state index in [0.29, 0.717) is 33.0 Å². The lowest BCUT2D eigenvalue weighted by Gasteiger charge is -2.36. The van der Waals surface area contributed by atoms with Crippen LogP contribution in [0, 0.1) is 5.92 Å². The van der Waals surface area contributed by atoms with Crippen molar-refractivity contribution in [1.29, 1.82) is 0 Å². The van der Waals surface area contributed by atoms with E-state index >= 15 is 0 Å². The van der Waals surface area contributed by atoms with Crippen molar-refractivity contribution >= 4 is 22.9 Å². The molecule has 1 aliphatic rings. The fourth-order valence-electron chi connectivity index (χ4n) is 4.02. The van der Waals surface area contributed by atoms with Crippen molar-refractivity contribution < 1.29 is 10.2 Å². The van der Waals surface area contributed by atoms with Crippen LogP contribution in [0.1, 0.15) is 37.7 Å². The lowest BCUT2D eigenvalue weighted by Crippen LogP contribution is -2.28. The van der Waals surface area contributed by atoms with Crippen LogP contribution in [0.2, 0.25) is 0 Å². The van der Waals surface area contributed by atoms with E-state index in [0.717, 1.165) is 24.8 Å². The Labute approximate surface area is 164 Å². The number of allylic oxidation sites excluding steroid dienone is 1. The summed E-state index contributed by atoms with van der Waals surface area (Å²) in [6, 6.07) is 5.87. The molecule has 142 valence electrons. The molecule has 4 heteroatoms. The average molecular weight is 372 g/mol. The number of hydrogen-bond donors (Lipinski definition) is 2. The number of benzene rings is 1. The molecule has 2 heterocycles. The van der Waals surface area contributed by atoms with Gasteiger partial charge >= 0.3 is 0 Å². The Morgan fingerprint density at radius 1 is 1.04 bits per heavy atom. The molecular formula is C24H24N2O2. The summed E-state index contributed by atoms with van der Waals surface area (Å²) in [5.41, 5.74) is 2.30. The van der Waals surface area contributed by atoms with E-state index in [2.05, 4.69) is 28.7 Å². The van der Waals surface area contributed by atoms with Crippen LogP contribution in [0.15, 0.2) is 55.1 Å². The highest BCUT2D eigenvalue weighted by molar-refractivity contribution is 5.93. The van der Waals surface area contributed by atoms with Crippen LogP contribution in [0.5, 0.6) is 11.5 Å². The zero-order valence-electron chi connectivity index (χ0n) is 16.0. The van der Waals surface area contributed by atoms with E-state index in [1.807, 2.05) is 31.5 Å². The van der Waals surface area contributed by atoms with Gasteiger partial charge in [-0.15, -0.1) is 0 Å². The first-order valence-electron chi connectivity index (χ1n) is 9.68. The van der Waals surface area contributed by atoms with E-state index in [9.17, 15) is 10.2 Å². The minimum atomic E-state index is 0.145. The molecule has 4 nitrogen and oxygen atoms in total. The predicted octanol–water partition coefficient (Wildman–Crippen LogP) is 3.76. The van der Waals surface area contributed by atoms with Crippen molar-refractivity contribution in [3.8, 4) is 11.5 Å². The molecule has 3 aromatic rings. The number of pyridine rings is 2. The van der Waals surface area contributed by atoms with Crippen molar-refractivity contribution in [2.75, 3.05) is 0 Å². The van der Waals surface area contributed by atoms with Gasteiger partial charge in [0.2, 0.25) is 0 Å². The molecule has 4 rings (SSSR count). The molecule has 0 radical (unpaired) electrons. The number of hydrogen-bond acceptors (Lipinski definition) is 4. The van der Waals surface area contributed by atoms with Gasteiger partial charge in [-0.05, 0) is 60.9 Å². The van der Waals surface area contributed by atoms with E-state index < -0.39 is 0 Å². The second-order valence-corrected chi connectivity index (χ2v) is 7.42. The fraction of sp³-hybridized carbons (Fsp3) is 0.250. The maximum Gasteiger partial charge on any atom is 0.133 e. The van der Waals surface area contributed by atoms with Crippen LogP contribution < -0.4 is 10.4 Å². The van der Waals surface area contributed by atoms with E-state index in [4.69, 9.17) is 0 Å². The monoisotopic (exact) mass is 372 g/mol. The number of aromatic hydroxyl groups is 2. The van der Waals surface area contributed by atoms with E-state index in [1.54, 1.807) is 18.5 Å². The topological polar surface area (TPSA) is 66.2 Å². The second-order valence-electron chi connectivity index (χ2n) is 7.42. The standard InChI is InChI=1S/C24H24N2O2/c1-3-4-19-21(24(28)22-14-26-10-7-20(22)23(19)27)11-15(2)17-12-18(13-17)16-5-8-25-9-6-16/h4-11,14,17-18,27-28H,2-3,12-13H2,1H3/b19-4+,21-11+. The van der Waals surface area contributed by atoms with Crippen molar-refractivity contribution in [3.63, 3.8) is 0 Å². The maximum absolute atomic E-state index is 10.9. The molecule has 1 aromatic carbocycles. The highest BCUT2D eigenvalue weighted by Crippen LogP contribution is 2.45. The van der Waals surface area contributed by atoms with E-state index in [1.165, 1.54) is 5.56 Å². The predicted molar refractivity (Wildman–Crippen MR) is 112 cm³/mol. The average Bonchev–Trinajstić information content (AvgIpc) is 2.68. The number of phenols is 2. The maximum atomic E-state index is 10.9. The van der Waals surface area contributed by atoms with Crippen LogP contribution >= 0.6 is 0 Å². The number of nitrogens with zero attached hydrogens (tertiary/aromatic N) is 2. The van der Waals surface area contributed by atoms with Gasteiger partial charge in [0.1, 0.15) is 11.5 Å². The summed E-state index contributed by atoms with van der Waals surface area (Å²) in [7, 11) is 0. The summed E-state index contributed by atoms with van der Waals surface area (Å²) in [6.07, 6.45) is 13.6. The number of rotatable bonds is 4. The zero-order chi connectivity index (χ0) is 19.7. The Hall–Kier alpha value is -3.14. The van der Waals surface area contributed by atoms with Gasteiger partial charge in [-0.3, -0.25) is 9.97 Å². The van der Waals surface area contributed by atoms with Crippen molar-refractivity contribution in [2.45, 2.75) is 32.1 Å². The van der Waals surface area contributed by atoms with Gasteiger partial charge in [0.15, 0.2) is 0 Å². The highest BCUT2D eigenvalue weighted by Gasteiger charge is 2.31. The normalized spacial score (nSPS) is 20.3. The molecule has 0 saturated heterocycles. The summed E-state index contributed by atoms with van der Waals surface area (Å²) in [6.45, 7) is 6.27. The minimum absolute atomic E-state index is 0.145. The summed E-state index contributed by atoms with van der Waals surface area (Å²) in [4.78, 5) is 8.18. The van der Waals surface area contributed by atoms with Gasteiger partial charge in [0, 0.05) is 46.0 Å². The van der Waals surface area contributed by atoms with E-state index in [-0.39, 0.29) is 11.5 Å². The number of aromatic nitrogens is 2. The van der Waals surface area contributed by atoms with Crippen LogP contribution in [0.3, 0.4) is 0 Å². The zero-order valence-corrected chi connectivity index (χ0v) is 16.0. The van der Waals surface area contributed by atoms with Crippen molar-refractivity contribution in [2.24, 2.45) is 5.92 Å². The molecule has 2 aromatic heterocycles. The third kappa shape index (κ3) is 3.15. The SMILES string of the molecule is C=C(/C=c1/c(O)c2cnccc2c(O)/c1=C/CC)C1CC(c2ccncc2)C1. The molecule has 0 amide bonds. The molecule has 0 atom stereocenters. The summed E-state index contributed by atoms with van der Waals surface area (Å²) in [5.74, 6) is 1.23. The van der Waals surface area contributed by atoms with Crippen molar-refractivity contribution in [1.82, 2.24) is 9.97 Å². The highest BCUT2D eigenvalue weighted by atomic mass is 16.3. The fourth-order valence-corrected chi connectivity index (χ4v) is 4.02. The third-order valence-electron chi connectivity index (χ3n) is 5.71. The van der Waals surface area contributed by atoms with Gasteiger partial charge in [-0.25, -0.2) is 0 Å². The quantitative estimate of drug-likeness (QED) is 0.685. The smallest absolute Gasteiger partial charge is 0.133 e. The largest absolute Gasteiger partial charge is 0.507 e. The molecule has 0 aliphatic heterocycles. The molecule has 2 N–H and O–H groups in total. The van der Waals surface area contributed by atoms with Gasteiger partial charge in [-0.2, -0.15) is 0 Å². The number of fused-ring (bicyclic) bond motifs is 1. The molecule has 1 fully saturated rings. The van der Waals surface area contributed by atoms with Gasteiger partial charge in [-0.1, -0.05) is 25.2 Å². The Morgan fingerprint density at radius 3 is 2.43 bits per heavy atom. The van der Waals surface area contributed by atoms with Crippen LogP contribution in [0.25, 0.3) is 22.9 Å². The summed E-state index contributed by atoms with van der Waals surface area (Å²) >= 11 is 0. The molecule has 28 heavy (non-hydrogen) atoms. The lowest BCUT2D eigenvalue weighted by molar-refractivity contribution is 0.315. The third-order valence-corrected chi connectivity index (χ3v) is 5.71.